The highest BCUT2D eigenvalue weighted by Gasteiger charge is 2.20. The molecule has 118 valence electrons. The number of aromatic nitrogens is 2. The summed E-state index contributed by atoms with van der Waals surface area (Å²) in [7, 11) is 0. The second kappa shape index (κ2) is 5.62. The molecular weight excluding hydrogens is 310 g/mol. The largest absolute Gasteiger partial charge is 0.368 e. The van der Waals surface area contributed by atoms with Crippen molar-refractivity contribution in [2.75, 3.05) is 0 Å². The number of primary amides is 1. The fraction of sp³-hybridized carbons (Fsp3) is 0.235. The van der Waals surface area contributed by atoms with Crippen LogP contribution in [0.3, 0.4) is 0 Å². The first-order valence-electron chi connectivity index (χ1n) is 7.27. The van der Waals surface area contributed by atoms with Crippen LogP contribution in [-0.2, 0) is 4.79 Å². The Morgan fingerprint density at radius 2 is 1.91 bits per heavy atom. The van der Waals surface area contributed by atoms with Gasteiger partial charge in [0.05, 0.1) is 5.39 Å². The lowest BCUT2D eigenvalue weighted by Gasteiger charge is -2.14. The Morgan fingerprint density at radius 3 is 2.52 bits per heavy atom. The van der Waals surface area contributed by atoms with E-state index in [2.05, 4.69) is 4.98 Å². The summed E-state index contributed by atoms with van der Waals surface area (Å²) < 4.78 is 1.37. The molecule has 1 aromatic carbocycles. The molecule has 1 atom stereocenters. The van der Waals surface area contributed by atoms with Gasteiger partial charge in [-0.3, -0.25) is 14.2 Å². The van der Waals surface area contributed by atoms with Gasteiger partial charge < -0.3 is 5.73 Å². The van der Waals surface area contributed by atoms with Gasteiger partial charge in [-0.1, -0.05) is 29.8 Å². The molecule has 0 aliphatic rings. The number of hydrogen-bond acceptors (Lipinski definition) is 4. The quantitative estimate of drug-likeness (QED) is 0.803. The minimum Gasteiger partial charge on any atom is -0.368 e. The number of carbonyl (C=O) groups excluding carboxylic acids is 1. The van der Waals surface area contributed by atoms with Gasteiger partial charge in [0.1, 0.15) is 16.7 Å². The molecule has 3 aromatic rings. The maximum atomic E-state index is 12.9. The van der Waals surface area contributed by atoms with E-state index in [9.17, 15) is 9.59 Å². The van der Waals surface area contributed by atoms with Crippen LogP contribution in [0.2, 0.25) is 0 Å². The van der Waals surface area contributed by atoms with E-state index in [-0.39, 0.29) is 5.56 Å². The van der Waals surface area contributed by atoms with Gasteiger partial charge >= 0.3 is 0 Å². The number of fused-ring (bicyclic) bond motifs is 1. The Hall–Kier alpha value is -2.47. The average molecular weight is 327 g/mol. The molecule has 6 heteroatoms. The Morgan fingerprint density at radius 1 is 1.26 bits per heavy atom. The molecule has 3 rings (SSSR count). The van der Waals surface area contributed by atoms with Crippen molar-refractivity contribution in [1.82, 2.24) is 9.55 Å². The number of amides is 1. The highest BCUT2D eigenvalue weighted by Crippen LogP contribution is 2.31. The zero-order valence-electron chi connectivity index (χ0n) is 13.2. The maximum absolute atomic E-state index is 12.9. The number of rotatable bonds is 3. The van der Waals surface area contributed by atoms with E-state index in [0.29, 0.717) is 16.0 Å². The lowest BCUT2D eigenvalue weighted by Crippen LogP contribution is -2.34. The smallest absolute Gasteiger partial charge is 0.263 e. The Bertz CT molecular complexity index is 954. The molecule has 1 amide bonds. The standard InChI is InChI=1S/C17H17N3O2S/c1-9-4-6-12(7-5-9)13-8-23-16-14(13)17(22)20(11(3)19-16)10(2)15(18)21/h4-8,10H,1-3H3,(H2,18,21). The maximum Gasteiger partial charge on any atom is 0.263 e. The molecule has 2 heterocycles. The fourth-order valence-corrected chi connectivity index (χ4v) is 3.62. The number of carbonyl (C=O) groups is 1. The van der Waals surface area contributed by atoms with Gasteiger partial charge in [-0.05, 0) is 26.3 Å². The molecule has 23 heavy (non-hydrogen) atoms. The molecular formula is C17H17N3O2S. The number of nitrogens with zero attached hydrogens (tertiary/aromatic N) is 2. The summed E-state index contributed by atoms with van der Waals surface area (Å²) in [6.45, 7) is 5.34. The van der Waals surface area contributed by atoms with E-state index in [4.69, 9.17) is 5.73 Å². The highest BCUT2D eigenvalue weighted by molar-refractivity contribution is 7.17. The lowest BCUT2D eigenvalue weighted by molar-refractivity contribution is -0.120. The van der Waals surface area contributed by atoms with Crippen LogP contribution in [0.5, 0.6) is 0 Å². The summed E-state index contributed by atoms with van der Waals surface area (Å²) in [6, 6.07) is 7.25. The van der Waals surface area contributed by atoms with Gasteiger partial charge in [0.25, 0.3) is 5.56 Å². The predicted molar refractivity (Wildman–Crippen MR) is 92.7 cm³/mol. The van der Waals surface area contributed by atoms with Crippen molar-refractivity contribution >= 4 is 27.5 Å². The van der Waals surface area contributed by atoms with Gasteiger partial charge in [0.15, 0.2) is 0 Å². The topological polar surface area (TPSA) is 78.0 Å². The number of aryl methyl sites for hydroxylation is 2. The molecule has 0 fully saturated rings. The van der Waals surface area contributed by atoms with Crippen LogP contribution in [0.15, 0.2) is 34.4 Å². The van der Waals surface area contributed by atoms with Crippen LogP contribution in [0.25, 0.3) is 21.3 Å². The molecule has 0 aliphatic carbocycles. The Kier molecular flexibility index (Phi) is 3.77. The van der Waals surface area contributed by atoms with Crippen LogP contribution < -0.4 is 11.3 Å². The SMILES string of the molecule is Cc1ccc(-c2csc3nc(C)n(C(C)C(N)=O)c(=O)c23)cc1. The normalized spacial score (nSPS) is 12.5. The summed E-state index contributed by atoms with van der Waals surface area (Å²) in [5.74, 6) is -0.0606. The van der Waals surface area contributed by atoms with Crippen LogP contribution in [-0.4, -0.2) is 15.5 Å². The molecule has 0 bridgehead atoms. The number of nitrogens with two attached hydrogens (primary N) is 1. The summed E-state index contributed by atoms with van der Waals surface area (Å²) in [4.78, 5) is 29.6. The van der Waals surface area contributed by atoms with Gasteiger partial charge in [0.2, 0.25) is 5.91 Å². The Balaban J connectivity index is 2.31. The van der Waals surface area contributed by atoms with Crippen molar-refractivity contribution in [3.63, 3.8) is 0 Å². The molecule has 2 N–H and O–H groups in total. The zero-order valence-corrected chi connectivity index (χ0v) is 14.0. The lowest BCUT2D eigenvalue weighted by atomic mass is 10.0. The molecule has 0 radical (unpaired) electrons. The summed E-state index contributed by atoms with van der Waals surface area (Å²) in [6.07, 6.45) is 0. The van der Waals surface area contributed by atoms with E-state index in [1.807, 2.05) is 36.6 Å². The van der Waals surface area contributed by atoms with Crippen molar-refractivity contribution in [3.05, 3.63) is 51.4 Å². The second-order valence-electron chi connectivity index (χ2n) is 5.61. The first-order chi connectivity index (χ1) is 10.9. The zero-order chi connectivity index (χ0) is 16.7. The van der Waals surface area contributed by atoms with Gasteiger partial charge in [-0.25, -0.2) is 4.98 Å². The number of benzene rings is 1. The van der Waals surface area contributed by atoms with Gasteiger partial charge in [-0.15, -0.1) is 11.3 Å². The molecule has 2 aromatic heterocycles. The van der Waals surface area contributed by atoms with Crippen LogP contribution >= 0.6 is 11.3 Å². The van der Waals surface area contributed by atoms with Crippen LogP contribution in [0.1, 0.15) is 24.4 Å². The minimum atomic E-state index is -0.731. The third-order valence-corrected chi connectivity index (χ3v) is 4.85. The highest BCUT2D eigenvalue weighted by atomic mass is 32.1. The second-order valence-corrected chi connectivity index (χ2v) is 6.47. The van der Waals surface area contributed by atoms with Crippen LogP contribution in [0, 0.1) is 13.8 Å². The molecule has 1 unspecified atom stereocenters. The van der Waals surface area contributed by atoms with E-state index in [0.717, 1.165) is 16.7 Å². The first kappa shape index (κ1) is 15.4. The number of hydrogen-bond donors (Lipinski definition) is 1. The third-order valence-electron chi connectivity index (χ3n) is 3.98. The number of thiophene rings is 1. The van der Waals surface area contributed by atoms with E-state index >= 15 is 0 Å². The average Bonchev–Trinajstić information content (AvgIpc) is 2.91. The molecule has 0 saturated heterocycles. The molecule has 5 nitrogen and oxygen atoms in total. The van der Waals surface area contributed by atoms with Crippen molar-refractivity contribution in [2.45, 2.75) is 26.8 Å². The van der Waals surface area contributed by atoms with Crippen molar-refractivity contribution in [2.24, 2.45) is 5.73 Å². The molecule has 0 saturated carbocycles. The van der Waals surface area contributed by atoms with Crippen molar-refractivity contribution < 1.29 is 4.79 Å². The Labute approximate surface area is 137 Å². The van der Waals surface area contributed by atoms with E-state index in [1.54, 1.807) is 13.8 Å². The monoisotopic (exact) mass is 327 g/mol. The minimum absolute atomic E-state index is 0.226. The predicted octanol–water partition coefficient (Wildman–Crippen LogP) is 2.79. The summed E-state index contributed by atoms with van der Waals surface area (Å²) in [5, 5.41) is 2.47. The van der Waals surface area contributed by atoms with Gasteiger partial charge in [0, 0.05) is 10.9 Å². The summed E-state index contributed by atoms with van der Waals surface area (Å²) in [5.41, 5.74) is 8.10. The fourth-order valence-electron chi connectivity index (χ4n) is 2.63. The molecule has 0 aliphatic heterocycles. The third kappa shape index (κ3) is 2.55. The van der Waals surface area contributed by atoms with Crippen molar-refractivity contribution in [1.29, 1.82) is 0 Å². The molecule has 0 spiro atoms. The van der Waals surface area contributed by atoms with E-state index < -0.39 is 11.9 Å². The van der Waals surface area contributed by atoms with Crippen LogP contribution in [0.4, 0.5) is 0 Å². The van der Waals surface area contributed by atoms with Crippen molar-refractivity contribution in [3.8, 4) is 11.1 Å². The van der Waals surface area contributed by atoms with Gasteiger partial charge in [-0.2, -0.15) is 0 Å². The summed E-state index contributed by atoms with van der Waals surface area (Å²) >= 11 is 1.43. The first-order valence-corrected chi connectivity index (χ1v) is 8.15. The van der Waals surface area contributed by atoms with E-state index in [1.165, 1.54) is 15.9 Å².